The Morgan fingerprint density at radius 1 is 1.37 bits per heavy atom. The van der Waals surface area contributed by atoms with Gasteiger partial charge in [-0.3, -0.25) is 0 Å². The number of hydrogen-bond donors (Lipinski definition) is 2. The van der Waals surface area contributed by atoms with E-state index >= 15 is 0 Å². The van der Waals surface area contributed by atoms with E-state index in [0.717, 1.165) is 23.1 Å². The molecule has 2 rings (SSSR count). The van der Waals surface area contributed by atoms with Crippen molar-refractivity contribution in [2.75, 3.05) is 11.9 Å². The fraction of sp³-hybridized carbons (Fsp3) is 0.385. The third kappa shape index (κ3) is 4.04. The topological polar surface area (TPSA) is 63.0 Å². The summed E-state index contributed by atoms with van der Waals surface area (Å²) in [6, 6.07) is 8.25. The molecule has 1 aromatic heterocycles. The molecule has 1 atom stereocenters. The van der Waals surface area contributed by atoms with Crippen molar-refractivity contribution in [1.29, 1.82) is 0 Å². The molecule has 0 aliphatic rings. The summed E-state index contributed by atoms with van der Waals surface area (Å²) >= 11 is 3.42. The van der Waals surface area contributed by atoms with Crippen molar-refractivity contribution in [3.8, 4) is 0 Å². The van der Waals surface area contributed by atoms with Gasteiger partial charge in [-0.1, -0.05) is 34.0 Å². The standard InChI is InChI=1S/C13H17BrN4O/c1-3-7-15-9(2)12-17-18-13(19-12)16-11-6-4-5-10(14)8-11/h4-6,8-9,15H,3,7H2,1-2H3,(H,16,18). The first kappa shape index (κ1) is 14.0. The molecule has 1 heterocycles. The summed E-state index contributed by atoms with van der Waals surface area (Å²) in [5.41, 5.74) is 0.902. The van der Waals surface area contributed by atoms with E-state index < -0.39 is 0 Å². The molecule has 0 bridgehead atoms. The SMILES string of the molecule is CCCNC(C)c1nnc(Nc2cccc(Br)c2)o1. The minimum absolute atomic E-state index is 0.0607. The normalized spacial score (nSPS) is 12.4. The van der Waals surface area contributed by atoms with Crippen molar-refractivity contribution in [2.45, 2.75) is 26.3 Å². The van der Waals surface area contributed by atoms with Gasteiger partial charge in [0, 0.05) is 10.2 Å². The van der Waals surface area contributed by atoms with Crippen LogP contribution in [0.15, 0.2) is 33.2 Å². The van der Waals surface area contributed by atoms with Crippen LogP contribution in [-0.4, -0.2) is 16.7 Å². The van der Waals surface area contributed by atoms with E-state index in [0.29, 0.717) is 11.9 Å². The monoisotopic (exact) mass is 324 g/mol. The maximum absolute atomic E-state index is 5.58. The number of nitrogens with zero attached hydrogens (tertiary/aromatic N) is 2. The van der Waals surface area contributed by atoms with Crippen LogP contribution in [0.3, 0.4) is 0 Å². The second-order valence-corrected chi connectivity index (χ2v) is 5.17. The Balaban J connectivity index is 2.01. The van der Waals surface area contributed by atoms with E-state index in [1.807, 2.05) is 31.2 Å². The summed E-state index contributed by atoms with van der Waals surface area (Å²) in [4.78, 5) is 0. The summed E-state index contributed by atoms with van der Waals surface area (Å²) in [6.45, 7) is 5.05. The Bertz CT molecular complexity index is 529. The van der Waals surface area contributed by atoms with Gasteiger partial charge < -0.3 is 15.1 Å². The van der Waals surface area contributed by atoms with Crippen molar-refractivity contribution in [2.24, 2.45) is 0 Å². The number of benzene rings is 1. The molecule has 2 aromatic rings. The Morgan fingerprint density at radius 3 is 2.95 bits per heavy atom. The molecule has 0 amide bonds. The van der Waals surface area contributed by atoms with Crippen molar-refractivity contribution < 1.29 is 4.42 Å². The van der Waals surface area contributed by atoms with Gasteiger partial charge >= 0.3 is 6.01 Å². The van der Waals surface area contributed by atoms with Crippen molar-refractivity contribution in [3.05, 3.63) is 34.6 Å². The van der Waals surface area contributed by atoms with Crippen LogP contribution in [0.1, 0.15) is 32.2 Å². The third-order valence-corrected chi connectivity index (χ3v) is 3.08. The Labute approximate surface area is 120 Å². The van der Waals surface area contributed by atoms with Crippen molar-refractivity contribution in [3.63, 3.8) is 0 Å². The highest BCUT2D eigenvalue weighted by atomic mass is 79.9. The van der Waals surface area contributed by atoms with E-state index in [1.165, 1.54) is 0 Å². The maximum Gasteiger partial charge on any atom is 0.320 e. The lowest BCUT2D eigenvalue weighted by Crippen LogP contribution is -2.19. The lowest BCUT2D eigenvalue weighted by Gasteiger charge is -2.07. The zero-order chi connectivity index (χ0) is 13.7. The summed E-state index contributed by atoms with van der Waals surface area (Å²) in [7, 11) is 0. The van der Waals surface area contributed by atoms with Gasteiger partial charge in [0.25, 0.3) is 0 Å². The molecule has 102 valence electrons. The first-order valence-corrected chi connectivity index (χ1v) is 7.07. The maximum atomic E-state index is 5.58. The highest BCUT2D eigenvalue weighted by Gasteiger charge is 2.13. The highest BCUT2D eigenvalue weighted by molar-refractivity contribution is 9.10. The van der Waals surface area contributed by atoms with Gasteiger partial charge in [0.15, 0.2) is 0 Å². The quantitative estimate of drug-likeness (QED) is 0.849. The molecule has 6 heteroatoms. The summed E-state index contributed by atoms with van der Waals surface area (Å²) in [5.74, 6) is 0.589. The molecule has 0 saturated heterocycles. The van der Waals surface area contributed by atoms with Gasteiger partial charge in [0.2, 0.25) is 5.89 Å². The second kappa shape index (κ2) is 6.68. The zero-order valence-electron chi connectivity index (χ0n) is 11.0. The third-order valence-electron chi connectivity index (χ3n) is 2.59. The number of hydrogen-bond acceptors (Lipinski definition) is 5. The minimum atomic E-state index is 0.0607. The molecule has 5 nitrogen and oxygen atoms in total. The Hall–Kier alpha value is -1.40. The van der Waals surface area contributed by atoms with Gasteiger partial charge in [-0.25, -0.2) is 0 Å². The predicted octanol–water partition coefficient (Wildman–Crippen LogP) is 3.64. The van der Waals surface area contributed by atoms with Crippen LogP contribution in [0, 0.1) is 0 Å². The van der Waals surface area contributed by atoms with Gasteiger partial charge in [-0.2, -0.15) is 0 Å². The van der Waals surface area contributed by atoms with Crippen LogP contribution in [0.25, 0.3) is 0 Å². The Kier molecular flexibility index (Phi) is 4.93. The first-order valence-electron chi connectivity index (χ1n) is 6.28. The summed E-state index contributed by atoms with van der Waals surface area (Å²) in [5, 5.41) is 14.4. The molecule has 2 N–H and O–H groups in total. The molecule has 0 saturated carbocycles. The molecule has 19 heavy (non-hydrogen) atoms. The largest absolute Gasteiger partial charge is 0.406 e. The van der Waals surface area contributed by atoms with Crippen molar-refractivity contribution in [1.82, 2.24) is 15.5 Å². The average Bonchev–Trinajstić information content (AvgIpc) is 2.84. The first-order chi connectivity index (χ1) is 9.19. The minimum Gasteiger partial charge on any atom is -0.406 e. The van der Waals surface area contributed by atoms with E-state index in [4.69, 9.17) is 4.42 Å². The summed E-state index contributed by atoms with van der Waals surface area (Å²) < 4.78 is 6.57. The predicted molar refractivity (Wildman–Crippen MR) is 78.4 cm³/mol. The molecule has 0 spiro atoms. The van der Waals surface area contributed by atoms with E-state index in [9.17, 15) is 0 Å². The van der Waals surface area contributed by atoms with Crippen LogP contribution < -0.4 is 10.6 Å². The molecule has 0 radical (unpaired) electrons. The molecule has 0 aliphatic carbocycles. The van der Waals surface area contributed by atoms with Gasteiger partial charge in [-0.05, 0) is 38.1 Å². The number of rotatable bonds is 6. The highest BCUT2D eigenvalue weighted by Crippen LogP contribution is 2.21. The average molecular weight is 325 g/mol. The molecule has 0 fully saturated rings. The smallest absolute Gasteiger partial charge is 0.320 e. The molecular weight excluding hydrogens is 308 g/mol. The van der Waals surface area contributed by atoms with Gasteiger partial charge in [0.05, 0.1) is 6.04 Å². The fourth-order valence-corrected chi connectivity index (χ4v) is 2.00. The van der Waals surface area contributed by atoms with Gasteiger partial charge in [-0.15, -0.1) is 5.10 Å². The molecular formula is C13H17BrN4O. The second-order valence-electron chi connectivity index (χ2n) is 4.26. The molecule has 1 aromatic carbocycles. The lowest BCUT2D eigenvalue weighted by atomic mass is 10.3. The van der Waals surface area contributed by atoms with Crippen LogP contribution in [0.2, 0.25) is 0 Å². The van der Waals surface area contributed by atoms with Crippen molar-refractivity contribution >= 4 is 27.6 Å². The lowest BCUT2D eigenvalue weighted by molar-refractivity contribution is 0.424. The number of anilines is 2. The zero-order valence-corrected chi connectivity index (χ0v) is 12.6. The number of halogens is 1. The van der Waals surface area contributed by atoms with E-state index in [2.05, 4.69) is 43.7 Å². The molecule has 1 unspecified atom stereocenters. The number of aromatic nitrogens is 2. The fourth-order valence-electron chi connectivity index (χ4n) is 1.60. The van der Waals surface area contributed by atoms with Crippen LogP contribution in [0.5, 0.6) is 0 Å². The molecule has 0 aliphatic heterocycles. The van der Waals surface area contributed by atoms with Crippen LogP contribution in [-0.2, 0) is 0 Å². The van der Waals surface area contributed by atoms with Crippen LogP contribution in [0.4, 0.5) is 11.7 Å². The van der Waals surface area contributed by atoms with E-state index in [1.54, 1.807) is 0 Å². The summed E-state index contributed by atoms with van der Waals surface area (Å²) in [6.07, 6.45) is 1.07. The van der Waals surface area contributed by atoms with Crippen LogP contribution >= 0.6 is 15.9 Å². The Morgan fingerprint density at radius 2 is 2.21 bits per heavy atom. The van der Waals surface area contributed by atoms with Gasteiger partial charge in [0.1, 0.15) is 0 Å². The number of nitrogens with one attached hydrogen (secondary N) is 2. The van der Waals surface area contributed by atoms with E-state index in [-0.39, 0.29) is 6.04 Å².